The molecule has 0 radical (unpaired) electrons. The van der Waals surface area contributed by atoms with Crippen molar-refractivity contribution < 1.29 is 18.0 Å². The number of carbonyl (C=O) groups excluding carboxylic acids is 2. The molecule has 31 heavy (non-hydrogen) atoms. The molecule has 0 aromatic heterocycles. The van der Waals surface area contributed by atoms with Gasteiger partial charge in [0.2, 0.25) is 15.9 Å². The molecule has 0 bridgehead atoms. The molecule has 2 aromatic rings. The van der Waals surface area contributed by atoms with E-state index in [0.29, 0.717) is 37.4 Å². The average molecular weight is 441 g/mol. The number of carbonyl (C=O) groups is 2. The van der Waals surface area contributed by atoms with Crippen LogP contribution in [-0.4, -0.2) is 37.5 Å². The molecule has 1 aliphatic carbocycles. The highest BCUT2D eigenvalue weighted by Gasteiger charge is 2.36. The van der Waals surface area contributed by atoms with Crippen molar-refractivity contribution in [2.45, 2.75) is 43.5 Å². The molecule has 1 aliphatic heterocycles. The van der Waals surface area contributed by atoms with Crippen molar-refractivity contribution in [3.8, 4) is 0 Å². The van der Waals surface area contributed by atoms with Crippen LogP contribution >= 0.6 is 0 Å². The monoisotopic (exact) mass is 440 g/mol. The van der Waals surface area contributed by atoms with Crippen LogP contribution < -0.4 is 5.32 Å². The molecule has 1 heterocycles. The van der Waals surface area contributed by atoms with Gasteiger partial charge in [0.15, 0.2) is 5.78 Å². The van der Waals surface area contributed by atoms with Crippen molar-refractivity contribution >= 4 is 21.7 Å². The van der Waals surface area contributed by atoms with Crippen LogP contribution in [0.5, 0.6) is 0 Å². The lowest BCUT2D eigenvalue weighted by Gasteiger charge is -2.31. The van der Waals surface area contributed by atoms with E-state index in [1.54, 1.807) is 0 Å². The van der Waals surface area contributed by atoms with Gasteiger partial charge >= 0.3 is 0 Å². The summed E-state index contributed by atoms with van der Waals surface area (Å²) in [5, 5.41) is 3.23. The molecule has 1 saturated heterocycles. The zero-order valence-electron chi connectivity index (χ0n) is 17.7. The molecule has 2 aliphatic rings. The molecule has 0 unspecified atom stereocenters. The van der Waals surface area contributed by atoms with Crippen molar-refractivity contribution in [3.05, 3.63) is 65.7 Å². The molecular formula is C24H28N2O4S. The maximum atomic E-state index is 12.9. The quantitative estimate of drug-likeness (QED) is 0.668. The lowest BCUT2D eigenvalue weighted by Crippen LogP contribution is -2.43. The number of hydrogen-bond donors (Lipinski definition) is 1. The van der Waals surface area contributed by atoms with Crippen molar-refractivity contribution in [2.75, 3.05) is 13.1 Å². The fourth-order valence-corrected chi connectivity index (χ4v) is 5.67. The Morgan fingerprint density at radius 2 is 1.55 bits per heavy atom. The third kappa shape index (κ3) is 4.88. The van der Waals surface area contributed by atoms with Gasteiger partial charge in [-0.2, -0.15) is 4.31 Å². The average Bonchev–Trinajstić information content (AvgIpc) is 3.63. The fourth-order valence-electron chi connectivity index (χ4n) is 4.20. The number of sulfonamides is 1. The van der Waals surface area contributed by atoms with E-state index in [9.17, 15) is 18.0 Å². The van der Waals surface area contributed by atoms with E-state index in [1.165, 1.54) is 35.5 Å². The normalized spacial score (nSPS) is 19.0. The highest BCUT2D eigenvalue weighted by molar-refractivity contribution is 7.89. The summed E-state index contributed by atoms with van der Waals surface area (Å²) in [6, 6.07) is 16.1. The van der Waals surface area contributed by atoms with Crippen LogP contribution in [0.15, 0.2) is 59.5 Å². The Morgan fingerprint density at radius 1 is 0.935 bits per heavy atom. The number of benzene rings is 2. The molecule has 1 saturated carbocycles. The number of nitrogens with zero attached hydrogens (tertiary/aromatic N) is 1. The van der Waals surface area contributed by atoms with E-state index < -0.39 is 10.0 Å². The summed E-state index contributed by atoms with van der Waals surface area (Å²) >= 11 is 0. The van der Waals surface area contributed by atoms with Crippen molar-refractivity contribution in [3.63, 3.8) is 0 Å². The van der Waals surface area contributed by atoms with E-state index in [2.05, 4.69) is 17.4 Å². The molecule has 4 rings (SSSR count). The number of rotatable bonds is 7. The molecule has 2 aromatic carbocycles. The van der Waals surface area contributed by atoms with E-state index in [0.717, 1.165) is 18.4 Å². The Kier molecular flexibility index (Phi) is 6.25. The number of hydrogen-bond acceptors (Lipinski definition) is 4. The Balaban J connectivity index is 1.37. The molecule has 2 fully saturated rings. The van der Waals surface area contributed by atoms with E-state index in [-0.39, 0.29) is 28.5 Å². The molecular weight excluding hydrogens is 412 g/mol. The standard InChI is InChI=1S/C24H28N2O4S/c1-17(27)18-9-11-22(12-10-18)31(29,30)26-15-13-21(14-16-26)24(28)25-23(20-7-8-20)19-5-3-2-4-6-19/h2-6,9-12,20-21,23H,7-8,13-16H2,1H3,(H,25,28)/t23-/m0/s1. The lowest BCUT2D eigenvalue weighted by molar-refractivity contribution is -0.127. The summed E-state index contributed by atoms with van der Waals surface area (Å²) in [6.07, 6.45) is 3.25. The van der Waals surface area contributed by atoms with Gasteiger partial charge in [0, 0.05) is 24.6 Å². The Hall–Kier alpha value is -2.51. The molecule has 1 amide bonds. The van der Waals surface area contributed by atoms with Gasteiger partial charge in [-0.1, -0.05) is 42.5 Å². The number of ketones is 1. The summed E-state index contributed by atoms with van der Waals surface area (Å²) in [7, 11) is -3.63. The number of piperidine rings is 1. The maximum Gasteiger partial charge on any atom is 0.243 e. The first-order valence-electron chi connectivity index (χ1n) is 10.8. The van der Waals surface area contributed by atoms with Gasteiger partial charge in [0.1, 0.15) is 0 Å². The largest absolute Gasteiger partial charge is 0.349 e. The van der Waals surface area contributed by atoms with E-state index in [1.807, 2.05) is 18.2 Å². The predicted octanol–water partition coefficient (Wildman–Crippen LogP) is 3.56. The van der Waals surface area contributed by atoms with Crippen molar-refractivity contribution in [1.82, 2.24) is 9.62 Å². The highest BCUT2D eigenvalue weighted by atomic mass is 32.2. The van der Waals surface area contributed by atoms with Gasteiger partial charge in [0.05, 0.1) is 10.9 Å². The van der Waals surface area contributed by atoms with Gasteiger partial charge in [-0.15, -0.1) is 0 Å². The van der Waals surface area contributed by atoms with Crippen LogP contribution in [0.25, 0.3) is 0 Å². The Bertz CT molecular complexity index is 1040. The Labute approximate surface area is 183 Å². The third-order valence-electron chi connectivity index (χ3n) is 6.27. The molecule has 1 N–H and O–H groups in total. The van der Waals surface area contributed by atoms with Crippen LogP contribution in [0, 0.1) is 11.8 Å². The minimum absolute atomic E-state index is 0.0172. The second-order valence-electron chi connectivity index (χ2n) is 8.49. The molecule has 7 heteroatoms. The number of nitrogens with one attached hydrogen (secondary N) is 1. The first-order valence-corrected chi connectivity index (χ1v) is 12.3. The zero-order chi connectivity index (χ0) is 22.0. The zero-order valence-corrected chi connectivity index (χ0v) is 18.5. The Morgan fingerprint density at radius 3 is 2.10 bits per heavy atom. The fraction of sp³-hybridized carbons (Fsp3) is 0.417. The minimum atomic E-state index is -3.63. The minimum Gasteiger partial charge on any atom is -0.349 e. The molecule has 6 nitrogen and oxygen atoms in total. The SMILES string of the molecule is CC(=O)c1ccc(S(=O)(=O)N2CCC(C(=O)N[C@@H](c3ccccc3)C3CC3)CC2)cc1. The summed E-state index contributed by atoms with van der Waals surface area (Å²) in [5.74, 6) is 0.223. The van der Waals surface area contributed by atoms with Crippen LogP contribution in [0.1, 0.15) is 54.6 Å². The first kappa shape index (κ1) is 21.7. The summed E-state index contributed by atoms with van der Waals surface area (Å²) in [5.41, 5.74) is 1.62. The van der Waals surface area contributed by atoms with E-state index >= 15 is 0 Å². The van der Waals surface area contributed by atoms with Crippen molar-refractivity contribution in [1.29, 1.82) is 0 Å². The van der Waals surface area contributed by atoms with Crippen molar-refractivity contribution in [2.24, 2.45) is 11.8 Å². The molecule has 164 valence electrons. The molecule has 1 atom stereocenters. The second-order valence-corrected chi connectivity index (χ2v) is 10.4. The number of amides is 1. The van der Waals surface area contributed by atoms with Crippen LogP contribution in [0.2, 0.25) is 0 Å². The highest BCUT2D eigenvalue weighted by Crippen LogP contribution is 2.41. The van der Waals surface area contributed by atoms with Crippen LogP contribution in [0.4, 0.5) is 0 Å². The predicted molar refractivity (Wildman–Crippen MR) is 118 cm³/mol. The van der Waals surface area contributed by atoms with Crippen LogP contribution in [0.3, 0.4) is 0 Å². The topological polar surface area (TPSA) is 83.6 Å². The smallest absolute Gasteiger partial charge is 0.243 e. The van der Waals surface area contributed by atoms with Gasteiger partial charge in [-0.25, -0.2) is 8.42 Å². The first-order chi connectivity index (χ1) is 14.9. The van der Waals surface area contributed by atoms with Gasteiger partial charge in [0.25, 0.3) is 0 Å². The maximum absolute atomic E-state index is 12.9. The molecule has 0 spiro atoms. The van der Waals surface area contributed by atoms with Gasteiger partial charge in [-0.05, 0) is 56.2 Å². The second kappa shape index (κ2) is 8.93. The van der Waals surface area contributed by atoms with E-state index in [4.69, 9.17) is 0 Å². The summed E-state index contributed by atoms with van der Waals surface area (Å²) in [6.45, 7) is 2.08. The third-order valence-corrected chi connectivity index (χ3v) is 8.19. The van der Waals surface area contributed by atoms with Crippen LogP contribution in [-0.2, 0) is 14.8 Å². The summed E-state index contributed by atoms with van der Waals surface area (Å²) in [4.78, 5) is 24.5. The summed E-state index contributed by atoms with van der Waals surface area (Å²) < 4.78 is 27.3. The number of Topliss-reactive ketones (excluding diaryl/α,β-unsaturated/α-hetero) is 1. The lowest BCUT2D eigenvalue weighted by atomic mass is 9.95. The van der Waals surface area contributed by atoms with Gasteiger partial charge < -0.3 is 5.32 Å². The van der Waals surface area contributed by atoms with Gasteiger partial charge in [-0.3, -0.25) is 9.59 Å².